The number of anilines is 2. The summed E-state index contributed by atoms with van der Waals surface area (Å²) in [4.78, 5) is 21.8. The molecule has 0 bridgehead atoms. The first-order chi connectivity index (χ1) is 16.4. The van der Waals surface area contributed by atoms with E-state index in [1.54, 1.807) is 36.0 Å². The van der Waals surface area contributed by atoms with Gasteiger partial charge in [0.15, 0.2) is 11.5 Å². The molecule has 2 unspecified atom stereocenters. The Bertz CT molecular complexity index is 1370. The number of likely N-dealkylation sites (tertiary alicyclic amines) is 1. The van der Waals surface area contributed by atoms with E-state index in [0.29, 0.717) is 40.2 Å². The van der Waals surface area contributed by atoms with Crippen LogP contribution in [0.25, 0.3) is 27.9 Å². The lowest BCUT2D eigenvalue weighted by Crippen LogP contribution is -2.49. The van der Waals surface area contributed by atoms with E-state index in [0.717, 1.165) is 0 Å². The molecule has 0 radical (unpaired) electrons. The standard InChI is InChI=1S/C20H21F3N10O/c1-10(34)31-7-6-14(12(21)9-31)26-20-27-17(24-2)16-11(5-8-32(16)29-20)13-3-4-15-18(25-13)33(19(22)23)30-28-15/h3-5,8,12,14,19H,6-7,9H2,1-2H3,(H2,24,26,27,29). The van der Waals surface area contributed by atoms with Crippen molar-refractivity contribution in [1.82, 2.24) is 39.5 Å². The molecule has 0 saturated carbocycles. The highest BCUT2D eigenvalue weighted by Gasteiger charge is 2.31. The van der Waals surface area contributed by atoms with Crippen molar-refractivity contribution in [2.24, 2.45) is 0 Å². The summed E-state index contributed by atoms with van der Waals surface area (Å²) >= 11 is 0. The zero-order chi connectivity index (χ0) is 24.0. The molecule has 2 atom stereocenters. The SMILES string of the molecule is CNc1nc(NC2CCN(C(C)=O)CC2F)nn2ccc(-c3ccc4nnn(C(F)F)c4n3)c12. The van der Waals surface area contributed by atoms with Crippen molar-refractivity contribution < 1.29 is 18.0 Å². The van der Waals surface area contributed by atoms with Crippen LogP contribution in [0.15, 0.2) is 24.4 Å². The lowest BCUT2D eigenvalue weighted by atomic mass is 10.0. The predicted octanol–water partition coefficient (Wildman–Crippen LogP) is 2.34. The van der Waals surface area contributed by atoms with Gasteiger partial charge >= 0.3 is 6.55 Å². The topological polar surface area (TPSA) is 118 Å². The molecule has 34 heavy (non-hydrogen) atoms. The van der Waals surface area contributed by atoms with Gasteiger partial charge in [0.05, 0.1) is 18.3 Å². The van der Waals surface area contributed by atoms with Crippen molar-refractivity contribution in [2.45, 2.75) is 32.1 Å². The molecular weight excluding hydrogens is 453 g/mol. The van der Waals surface area contributed by atoms with E-state index < -0.39 is 18.8 Å². The van der Waals surface area contributed by atoms with Crippen LogP contribution < -0.4 is 10.6 Å². The number of fused-ring (bicyclic) bond motifs is 2. The van der Waals surface area contributed by atoms with Crippen LogP contribution in [0, 0.1) is 0 Å². The number of piperidine rings is 1. The number of aromatic nitrogens is 7. The number of rotatable bonds is 5. The van der Waals surface area contributed by atoms with Crippen LogP contribution in [0.5, 0.6) is 0 Å². The Hall–Kier alpha value is -3.97. The molecule has 0 spiro atoms. The van der Waals surface area contributed by atoms with E-state index in [1.807, 2.05) is 0 Å². The third kappa shape index (κ3) is 3.74. The maximum atomic E-state index is 14.6. The first-order valence-electron chi connectivity index (χ1n) is 10.6. The van der Waals surface area contributed by atoms with Crippen LogP contribution in [0.3, 0.4) is 0 Å². The van der Waals surface area contributed by atoms with E-state index >= 15 is 0 Å². The highest BCUT2D eigenvalue weighted by Crippen LogP contribution is 2.31. The Labute approximate surface area is 191 Å². The second-order valence-corrected chi connectivity index (χ2v) is 7.93. The molecule has 1 saturated heterocycles. The summed E-state index contributed by atoms with van der Waals surface area (Å²) in [7, 11) is 1.68. The molecule has 0 aliphatic carbocycles. The number of pyridine rings is 1. The van der Waals surface area contributed by atoms with Gasteiger partial charge in [0.25, 0.3) is 0 Å². The third-order valence-electron chi connectivity index (χ3n) is 5.83. The van der Waals surface area contributed by atoms with Crippen LogP contribution in [0.4, 0.5) is 24.9 Å². The number of hydrogen-bond acceptors (Lipinski definition) is 8. The van der Waals surface area contributed by atoms with E-state index in [9.17, 15) is 18.0 Å². The minimum absolute atomic E-state index is 0.0139. The lowest BCUT2D eigenvalue weighted by Gasteiger charge is -2.34. The number of nitrogens with zero attached hydrogens (tertiary/aromatic N) is 8. The molecule has 2 N–H and O–H groups in total. The zero-order valence-electron chi connectivity index (χ0n) is 18.3. The lowest BCUT2D eigenvalue weighted by molar-refractivity contribution is -0.131. The van der Waals surface area contributed by atoms with Gasteiger partial charge in [-0.1, -0.05) is 5.21 Å². The van der Waals surface area contributed by atoms with Crippen LogP contribution in [-0.4, -0.2) is 77.7 Å². The molecule has 1 aliphatic rings. The summed E-state index contributed by atoms with van der Waals surface area (Å²) in [6, 6.07) is 4.42. The second-order valence-electron chi connectivity index (χ2n) is 7.93. The van der Waals surface area contributed by atoms with Crippen molar-refractivity contribution in [3.05, 3.63) is 24.4 Å². The summed E-state index contributed by atoms with van der Waals surface area (Å²) in [6.45, 7) is -0.990. The van der Waals surface area contributed by atoms with Gasteiger partial charge in [-0.2, -0.15) is 18.4 Å². The number of carbonyl (C=O) groups excluding carboxylic acids is 1. The average molecular weight is 474 g/mol. The van der Waals surface area contributed by atoms with Gasteiger partial charge in [0.2, 0.25) is 11.9 Å². The summed E-state index contributed by atoms with van der Waals surface area (Å²) in [5.41, 5.74) is 1.81. The van der Waals surface area contributed by atoms with Gasteiger partial charge in [-0.05, 0) is 24.6 Å². The minimum Gasteiger partial charge on any atom is -0.371 e. The summed E-state index contributed by atoms with van der Waals surface area (Å²) in [5, 5.41) is 17.6. The van der Waals surface area contributed by atoms with Gasteiger partial charge in [-0.3, -0.25) is 4.79 Å². The molecule has 11 nitrogen and oxygen atoms in total. The molecule has 0 aromatic carbocycles. The van der Waals surface area contributed by atoms with Crippen LogP contribution in [0.1, 0.15) is 19.9 Å². The van der Waals surface area contributed by atoms with Crippen molar-refractivity contribution in [2.75, 3.05) is 30.8 Å². The van der Waals surface area contributed by atoms with Crippen LogP contribution in [0.2, 0.25) is 0 Å². The Kier molecular flexibility index (Phi) is 5.42. The monoisotopic (exact) mass is 474 g/mol. The van der Waals surface area contributed by atoms with Gasteiger partial charge in [-0.15, -0.1) is 10.2 Å². The van der Waals surface area contributed by atoms with E-state index in [2.05, 4.69) is 36.0 Å². The first kappa shape index (κ1) is 21.9. The van der Waals surface area contributed by atoms with Gasteiger partial charge in [0, 0.05) is 32.3 Å². The van der Waals surface area contributed by atoms with Crippen molar-refractivity contribution in [3.63, 3.8) is 0 Å². The Morgan fingerprint density at radius 3 is 2.76 bits per heavy atom. The first-order valence-corrected chi connectivity index (χ1v) is 10.6. The molecule has 178 valence electrons. The second kappa shape index (κ2) is 8.43. The molecule has 1 amide bonds. The van der Waals surface area contributed by atoms with E-state index in [4.69, 9.17) is 0 Å². The maximum absolute atomic E-state index is 14.6. The third-order valence-corrected chi connectivity index (χ3v) is 5.83. The number of alkyl halides is 3. The zero-order valence-corrected chi connectivity index (χ0v) is 18.3. The highest BCUT2D eigenvalue weighted by molar-refractivity contribution is 5.89. The molecular formula is C20H21F3N10O. The fraction of sp³-hybridized carbons (Fsp3) is 0.400. The number of hydrogen-bond donors (Lipinski definition) is 2. The number of halogens is 3. The minimum atomic E-state index is -2.87. The van der Waals surface area contributed by atoms with Crippen molar-refractivity contribution in [3.8, 4) is 11.3 Å². The number of amides is 1. The normalized spacial score (nSPS) is 18.7. The van der Waals surface area contributed by atoms with Crippen LogP contribution in [-0.2, 0) is 4.79 Å². The molecule has 1 aliphatic heterocycles. The summed E-state index contributed by atoms with van der Waals surface area (Å²) < 4.78 is 43.1. The average Bonchev–Trinajstić information content (AvgIpc) is 3.43. The molecule has 5 heterocycles. The Balaban J connectivity index is 1.48. The molecule has 4 aromatic heterocycles. The summed E-state index contributed by atoms with van der Waals surface area (Å²) in [6.07, 6.45) is 0.835. The fourth-order valence-corrected chi connectivity index (χ4v) is 4.09. The molecule has 1 fully saturated rings. The van der Waals surface area contributed by atoms with Gasteiger partial charge < -0.3 is 15.5 Å². The van der Waals surface area contributed by atoms with E-state index in [-0.39, 0.29) is 29.6 Å². The maximum Gasteiger partial charge on any atom is 0.336 e. The highest BCUT2D eigenvalue weighted by atomic mass is 19.3. The Morgan fingerprint density at radius 2 is 2.06 bits per heavy atom. The number of carbonyl (C=O) groups is 1. The van der Waals surface area contributed by atoms with Crippen molar-refractivity contribution in [1.29, 1.82) is 0 Å². The molecule has 14 heteroatoms. The smallest absolute Gasteiger partial charge is 0.336 e. The molecule has 4 aromatic rings. The largest absolute Gasteiger partial charge is 0.371 e. The predicted molar refractivity (Wildman–Crippen MR) is 117 cm³/mol. The quantitative estimate of drug-likeness (QED) is 0.453. The van der Waals surface area contributed by atoms with Gasteiger partial charge in [0.1, 0.15) is 17.2 Å². The number of nitrogens with one attached hydrogen (secondary N) is 2. The van der Waals surface area contributed by atoms with Crippen LogP contribution >= 0.6 is 0 Å². The molecule has 5 rings (SSSR count). The fourth-order valence-electron chi connectivity index (χ4n) is 4.09. The van der Waals surface area contributed by atoms with Crippen molar-refractivity contribution >= 4 is 34.4 Å². The van der Waals surface area contributed by atoms with E-state index in [1.165, 1.54) is 11.8 Å². The van der Waals surface area contributed by atoms with Gasteiger partial charge in [-0.25, -0.2) is 13.9 Å². The Morgan fingerprint density at radius 1 is 1.24 bits per heavy atom. The summed E-state index contributed by atoms with van der Waals surface area (Å²) in [5.74, 6) is 0.498.